The molecule has 1 aliphatic carbocycles. The van der Waals surface area contributed by atoms with E-state index in [0.717, 1.165) is 13.0 Å². The minimum atomic E-state index is 0.256. The molecule has 1 saturated heterocycles. The number of hydrogen-bond donors (Lipinski definition) is 1. The molecular weight excluding hydrogens is 326 g/mol. The van der Waals surface area contributed by atoms with E-state index >= 15 is 0 Å². The minimum Gasteiger partial charge on any atom is -0.372 e. The van der Waals surface area contributed by atoms with Crippen LogP contribution >= 0.6 is 15.9 Å². The van der Waals surface area contributed by atoms with Crippen molar-refractivity contribution in [1.29, 1.82) is 0 Å². The third-order valence-electron chi connectivity index (χ3n) is 5.17. The zero-order valence-corrected chi connectivity index (χ0v) is 14.5. The molecule has 3 rings (SSSR count). The molecule has 1 aliphatic heterocycles. The quantitative estimate of drug-likeness (QED) is 0.834. The number of rotatable bonds is 5. The molecule has 0 aromatic heterocycles. The number of benzene rings is 1. The Labute approximate surface area is 136 Å². The maximum Gasteiger partial charge on any atom is 0.0687 e. The Morgan fingerprint density at radius 1 is 1.33 bits per heavy atom. The Morgan fingerprint density at radius 3 is 2.86 bits per heavy atom. The Balaban J connectivity index is 1.65. The first-order chi connectivity index (χ1) is 10.2. The summed E-state index contributed by atoms with van der Waals surface area (Å²) < 4.78 is 7.67. The van der Waals surface area contributed by atoms with Crippen molar-refractivity contribution >= 4 is 15.9 Å². The summed E-state index contributed by atoms with van der Waals surface area (Å²) >= 11 is 3.59. The van der Waals surface area contributed by atoms with Crippen molar-refractivity contribution in [1.82, 2.24) is 5.32 Å². The molecule has 1 N–H and O–H groups in total. The van der Waals surface area contributed by atoms with Crippen molar-refractivity contribution in [2.45, 2.75) is 62.6 Å². The minimum absolute atomic E-state index is 0.256. The lowest BCUT2D eigenvalue weighted by Gasteiger charge is -2.26. The first-order valence-electron chi connectivity index (χ1n) is 8.29. The van der Waals surface area contributed by atoms with Gasteiger partial charge >= 0.3 is 0 Å². The number of ether oxygens (including phenoxy) is 1. The van der Waals surface area contributed by atoms with Crippen molar-refractivity contribution in [3.8, 4) is 0 Å². The molecule has 0 radical (unpaired) electrons. The smallest absolute Gasteiger partial charge is 0.0687 e. The lowest BCUT2D eigenvalue weighted by Crippen LogP contribution is -2.27. The van der Waals surface area contributed by atoms with Crippen LogP contribution in [0.25, 0.3) is 0 Å². The molecule has 0 bridgehead atoms. The van der Waals surface area contributed by atoms with Gasteiger partial charge in [0, 0.05) is 11.0 Å². The predicted molar refractivity (Wildman–Crippen MR) is 90.7 cm³/mol. The van der Waals surface area contributed by atoms with Crippen molar-refractivity contribution in [3.05, 3.63) is 34.3 Å². The highest BCUT2D eigenvalue weighted by Gasteiger charge is 2.42. The number of nitrogens with one attached hydrogen (secondary N) is 1. The highest BCUT2D eigenvalue weighted by Crippen LogP contribution is 2.45. The summed E-state index contributed by atoms with van der Waals surface area (Å²) in [5.41, 5.74) is 1.67. The van der Waals surface area contributed by atoms with Gasteiger partial charge in [0.2, 0.25) is 0 Å². The standard InChI is InChI=1S/C18H26BrNO/c1-20-13-15(14-5-4-6-16(19)11-14)12-17-7-10-18(21-17)8-2-3-9-18/h4-6,11,15,17,20H,2-3,7-10,12-13H2,1H3. The largest absolute Gasteiger partial charge is 0.372 e. The molecular formula is C18H26BrNO. The summed E-state index contributed by atoms with van der Waals surface area (Å²) in [6.45, 7) is 1.02. The third-order valence-corrected chi connectivity index (χ3v) is 5.66. The summed E-state index contributed by atoms with van der Waals surface area (Å²) in [6.07, 6.45) is 9.40. The van der Waals surface area contributed by atoms with Gasteiger partial charge in [-0.1, -0.05) is 40.9 Å². The normalized spacial score (nSPS) is 25.5. The van der Waals surface area contributed by atoms with Crippen molar-refractivity contribution in [2.75, 3.05) is 13.6 Å². The van der Waals surface area contributed by atoms with Crippen LogP contribution in [-0.2, 0) is 4.74 Å². The first kappa shape index (κ1) is 15.5. The Bertz CT molecular complexity index is 470. The molecule has 2 unspecified atom stereocenters. The SMILES string of the molecule is CNCC(CC1CCC2(CCCC2)O1)c1cccc(Br)c1. The summed E-state index contributed by atoms with van der Waals surface area (Å²) in [5.74, 6) is 0.536. The number of halogens is 1. The molecule has 2 aliphatic rings. The second-order valence-electron chi connectivity index (χ2n) is 6.71. The highest BCUT2D eigenvalue weighted by atomic mass is 79.9. The molecule has 116 valence electrons. The van der Waals surface area contributed by atoms with Crippen molar-refractivity contribution < 1.29 is 4.74 Å². The second-order valence-corrected chi connectivity index (χ2v) is 7.63. The van der Waals surface area contributed by atoms with E-state index in [2.05, 4.69) is 45.5 Å². The van der Waals surface area contributed by atoms with E-state index in [1.54, 1.807) is 0 Å². The molecule has 1 spiro atoms. The van der Waals surface area contributed by atoms with E-state index in [1.165, 1.54) is 48.6 Å². The van der Waals surface area contributed by atoms with Crippen LogP contribution in [0.4, 0.5) is 0 Å². The third kappa shape index (κ3) is 3.69. The zero-order valence-electron chi connectivity index (χ0n) is 12.9. The van der Waals surface area contributed by atoms with Gasteiger partial charge in [-0.15, -0.1) is 0 Å². The number of likely N-dealkylation sites (N-methyl/N-ethyl adjacent to an activating group) is 1. The van der Waals surface area contributed by atoms with E-state index in [-0.39, 0.29) is 5.60 Å². The van der Waals surface area contributed by atoms with E-state index in [0.29, 0.717) is 12.0 Å². The Morgan fingerprint density at radius 2 is 2.14 bits per heavy atom. The molecule has 21 heavy (non-hydrogen) atoms. The van der Waals surface area contributed by atoms with Gasteiger partial charge in [-0.3, -0.25) is 0 Å². The van der Waals surface area contributed by atoms with Crippen LogP contribution in [0.3, 0.4) is 0 Å². The predicted octanol–water partition coefficient (Wildman–Crippen LogP) is 4.63. The lowest BCUT2D eigenvalue weighted by molar-refractivity contribution is -0.0410. The van der Waals surface area contributed by atoms with E-state index in [4.69, 9.17) is 4.74 Å². The monoisotopic (exact) mass is 351 g/mol. The van der Waals surface area contributed by atoms with E-state index in [9.17, 15) is 0 Å². The van der Waals surface area contributed by atoms with Crippen molar-refractivity contribution in [3.63, 3.8) is 0 Å². The zero-order chi connectivity index (χ0) is 14.7. The van der Waals surface area contributed by atoms with Crippen LogP contribution in [0.2, 0.25) is 0 Å². The molecule has 2 fully saturated rings. The van der Waals surface area contributed by atoms with Crippen LogP contribution in [0.5, 0.6) is 0 Å². The van der Waals surface area contributed by atoms with E-state index < -0.39 is 0 Å². The molecule has 1 aromatic carbocycles. The lowest BCUT2D eigenvalue weighted by atomic mass is 9.91. The average Bonchev–Trinajstić information content (AvgIpc) is 3.09. The molecule has 2 nitrogen and oxygen atoms in total. The topological polar surface area (TPSA) is 21.3 Å². The fourth-order valence-electron chi connectivity index (χ4n) is 4.11. The van der Waals surface area contributed by atoms with Gasteiger partial charge in [0.1, 0.15) is 0 Å². The van der Waals surface area contributed by atoms with Crippen LogP contribution in [0, 0.1) is 0 Å². The Kier molecular flexibility index (Phi) is 5.03. The molecule has 1 saturated carbocycles. The van der Waals surface area contributed by atoms with Gasteiger partial charge in [-0.2, -0.15) is 0 Å². The number of hydrogen-bond acceptors (Lipinski definition) is 2. The molecule has 1 aromatic rings. The van der Waals surface area contributed by atoms with Gasteiger partial charge in [0.15, 0.2) is 0 Å². The van der Waals surface area contributed by atoms with Crippen LogP contribution in [-0.4, -0.2) is 25.3 Å². The average molecular weight is 352 g/mol. The molecule has 2 atom stereocenters. The fourth-order valence-corrected chi connectivity index (χ4v) is 4.53. The molecule has 1 heterocycles. The molecule has 0 amide bonds. The first-order valence-corrected chi connectivity index (χ1v) is 9.08. The second kappa shape index (κ2) is 6.80. The summed E-state index contributed by atoms with van der Waals surface area (Å²) in [7, 11) is 2.04. The fraction of sp³-hybridized carbons (Fsp3) is 0.667. The maximum atomic E-state index is 6.50. The maximum absolute atomic E-state index is 6.50. The van der Waals surface area contributed by atoms with Gasteiger partial charge in [-0.25, -0.2) is 0 Å². The highest BCUT2D eigenvalue weighted by molar-refractivity contribution is 9.10. The summed E-state index contributed by atoms with van der Waals surface area (Å²) in [4.78, 5) is 0. The van der Waals surface area contributed by atoms with Gasteiger partial charge < -0.3 is 10.1 Å². The van der Waals surface area contributed by atoms with Crippen molar-refractivity contribution in [2.24, 2.45) is 0 Å². The summed E-state index contributed by atoms with van der Waals surface area (Å²) in [5, 5.41) is 3.35. The van der Waals surface area contributed by atoms with Gasteiger partial charge in [0.05, 0.1) is 11.7 Å². The van der Waals surface area contributed by atoms with Crippen LogP contribution < -0.4 is 5.32 Å². The van der Waals surface area contributed by atoms with Gasteiger partial charge in [0.25, 0.3) is 0 Å². The van der Waals surface area contributed by atoms with E-state index in [1.807, 2.05) is 7.05 Å². The summed E-state index contributed by atoms with van der Waals surface area (Å²) in [6, 6.07) is 8.73. The van der Waals surface area contributed by atoms with Crippen LogP contribution in [0.15, 0.2) is 28.7 Å². The van der Waals surface area contributed by atoms with Crippen LogP contribution in [0.1, 0.15) is 56.4 Å². The molecule has 3 heteroatoms. The van der Waals surface area contributed by atoms with Gasteiger partial charge in [-0.05, 0) is 62.8 Å². The Hall–Kier alpha value is -0.380.